The Morgan fingerprint density at radius 1 is 1.18 bits per heavy atom. The second kappa shape index (κ2) is 10.5. The molecule has 0 radical (unpaired) electrons. The van der Waals surface area contributed by atoms with Crippen molar-refractivity contribution in [2.45, 2.75) is 38.1 Å². The average molecular weight is 559 g/mol. The van der Waals surface area contributed by atoms with Crippen LogP contribution in [0.5, 0.6) is 5.75 Å². The van der Waals surface area contributed by atoms with Crippen LogP contribution in [0.25, 0.3) is 10.9 Å². The van der Waals surface area contributed by atoms with Gasteiger partial charge in [0.25, 0.3) is 5.91 Å². The summed E-state index contributed by atoms with van der Waals surface area (Å²) < 4.78 is 71.6. The Labute approximate surface area is 217 Å². The maximum absolute atomic E-state index is 14.3. The highest BCUT2D eigenvalue weighted by molar-refractivity contribution is 6.30. The van der Waals surface area contributed by atoms with Crippen molar-refractivity contribution in [1.82, 2.24) is 14.8 Å². The maximum atomic E-state index is 14.3. The first kappa shape index (κ1) is 27.2. The molecule has 1 aliphatic heterocycles. The van der Waals surface area contributed by atoms with Crippen LogP contribution in [0.15, 0.2) is 42.6 Å². The molecule has 3 aromatic rings. The number of amides is 3. The molecule has 2 atom stereocenters. The van der Waals surface area contributed by atoms with Crippen LogP contribution in [0.1, 0.15) is 22.3 Å². The largest absolute Gasteiger partial charge is 0.573 e. The summed E-state index contributed by atoms with van der Waals surface area (Å²) in [5, 5.41) is 2.49. The number of halogens is 6. The summed E-state index contributed by atoms with van der Waals surface area (Å²) in [6, 6.07) is 6.17. The van der Waals surface area contributed by atoms with Crippen LogP contribution < -0.4 is 15.8 Å². The number of nitrogens with two attached hydrogens (primary N) is 1. The van der Waals surface area contributed by atoms with Gasteiger partial charge in [-0.3, -0.25) is 14.4 Å². The van der Waals surface area contributed by atoms with Gasteiger partial charge in [-0.15, -0.1) is 13.2 Å². The lowest BCUT2D eigenvalue weighted by Gasteiger charge is -2.24. The van der Waals surface area contributed by atoms with E-state index >= 15 is 0 Å². The number of hydrogen-bond donors (Lipinski definition) is 2. The van der Waals surface area contributed by atoms with E-state index in [1.165, 1.54) is 35.0 Å². The number of nitrogens with one attached hydrogen (secondary N) is 1. The standard InChI is InChI=1S/C24H20ClF5N4O4/c25-17-3-1-2-12(21(17)27)8-32-23(37)19-6-13(26)9-34(19)20(35)11-33-10-16(22(31)36)15-5-4-14(7-18(15)33)38-24(28,29)30/h1-5,7,10,13,19H,6,8-9,11H2,(H2,31,36)(H,32,37)/t13-,19+/m1/s1. The van der Waals surface area contributed by atoms with Crippen LogP contribution >= 0.6 is 11.6 Å². The third-order valence-corrected chi connectivity index (χ3v) is 6.31. The van der Waals surface area contributed by atoms with E-state index in [4.69, 9.17) is 17.3 Å². The lowest BCUT2D eigenvalue weighted by Crippen LogP contribution is -2.46. The lowest BCUT2D eigenvalue weighted by molar-refractivity contribution is -0.274. The number of alkyl halides is 4. The number of aromatic nitrogens is 1. The fraction of sp³-hybridized carbons (Fsp3) is 0.292. The van der Waals surface area contributed by atoms with Gasteiger partial charge in [-0.05, 0) is 18.2 Å². The minimum Gasteiger partial charge on any atom is -0.406 e. The van der Waals surface area contributed by atoms with Gasteiger partial charge in [0.2, 0.25) is 11.8 Å². The quantitative estimate of drug-likeness (QED) is 0.431. The fourth-order valence-corrected chi connectivity index (χ4v) is 4.52. The second-order valence-corrected chi connectivity index (χ2v) is 8.99. The lowest BCUT2D eigenvalue weighted by atomic mass is 10.1. The van der Waals surface area contributed by atoms with Gasteiger partial charge in [-0.25, -0.2) is 8.78 Å². The molecule has 2 heterocycles. The molecule has 202 valence electrons. The summed E-state index contributed by atoms with van der Waals surface area (Å²) in [4.78, 5) is 38.8. The predicted octanol–water partition coefficient (Wildman–Crippen LogP) is 3.69. The van der Waals surface area contributed by atoms with Gasteiger partial charge in [-0.1, -0.05) is 23.7 Å². The Morgan fingerprint density at radius 2 is 1.92 bits per heavy atom. The number of carbonyl (C=O) groups is 3. The normalized spacial score (nSPS) is 17.6. The molecule has 14 heteroatoms. The molecule has 3 N–H and O–H groups in total. The molecule has 4 rings (SSSR count). The molecule has 3 amide bonds. The van der Waals surface area contributed by atoms with Crippen molar-refractivity contribution in [1.29, 1.82) is 0 Å². The van der Waals surface area contributed by atoms with E-state index in [0.717, 1.165) is 17.0 Å². The highest BCUT2D eigenvalue weighted by atomic mass is 35.5. The molecule has 1 aliphatic rings. The summed E-state index contributed by atoms with van der Waals surface area (Å²) in [6.07, 6.45) is -5.62. The van der Waals surface area contributed by atoms with E-state index in [0.29, 0.717) is 0 Å². The van der Waals surface area contributed by atoms with E-state index < -0.39 is 61.0 Å². The van der Waals surface area contributed by atoms with E-state index in [9.17, 15) is 36.3 Å². The summed E-state index contributed by atoms with van der Waals surface area (Å²) in [5.74, 6) is -3.68. The van der Waals surface area contributed by atoms with Crippen molar-refractivity contribution in [3.8, 4) is 5.75 Å². The number of likely N-dealkylation sites (tertiary alicyclic amines) is 1. The second-order valence-electron chi connectivity index (χ2n) is 8.59. The molecule has 8 nitrogen and oxygen atoms in total. The SMILES string of the molecule is NC(=O)c1cn(CC(=O)N2C[C@H](F)C[C@H]2C(=O)NCc2cccc(Cl)c2F)c2cc(OC(F)(F)F)ccc12. The Hall–Kier alpha value is -3.87. The number of carbonyl (C=O) groups excluding carboxylic acids is 3. The van der Waals surface area contributed by atoms with Gasteiger partial charge in [0.1, 0.15) is 30.3 Å². The molecule has 0 bridgehead atoms. The first-order valence-electron chi connectivity index (χ1n) is 11.2. The zero-order chi connectivity index (χ0) is 27.8. The monoisotopic (exact) mass is 558 g/mol. The van der Waals surface area contributed by atoms with Crippen LogP contribution in [0, 0.1) is 5.82 Å². The number of benzene rings is 2. The molecular formula is C24H20ClF5N4O4. The minimum atomic E-state index is -4.98. The van der Waals surface area contributed by atoms with Crippen LogP contribution in [0.2, 0.25) is 5.02 Å². The topological polar surface area (TPSA) is 107 Å². The Bertz CT molecular complexity index is 1410. The van der Waals surface area contributed by atoms with Crippen LogP contribution in [-0.4, -0.2) is 52.3 Å². The van der Waals surface area contributed by atoms with Crippen LogP contribution in [0.3, 0.4) is 0 Å². The van der Waals surface area contributed by atoms with E-state index in [2.05, 4.69) is 10.1 Å². The van der Waals surface area contributed by atoms with Crippen molar-refractivity contribution in [3.63, 3.8) is 0 Å². The van der Waals surface area contributed by atoms with Gasteiger partial charge in [0.15, 0.2) is 0 Å². The number of hydrogen-bond acceptors (Lipinski definition) is 4. The molecule has 1 fully saturated rings. The molecular weight excluding hydrogens is 539 g/mol. The van der Waals surface area contributed by atoms with Crippen LogP contribution in [-0.2, 0) is 22.7 Å². The van der Waals surface area contributed by atoms with Gasteiger partial charge in [-0.2, -0.15) is 0 Å². The Morgan fingerprint density at radius 3 is 2.61 bits per heavy atom. The average Bonchev–Trinajstić information content (AvgIpc) is 3.39. The molecule has 2 aromatic carbocycles. The summed E-state index contributed by atoms with van der Waals surface area (Å²) in [6.45, 7) is -1.21. The van der Waals surface area contributed by atoms with E-state index in [1.807, 2.05) is 0 Å². The van der Waals surface area contributed by atoms with Gasteiger partial charge >= 0.3 is 6.36 Å². The maximum Gasteiger partial charge on any atom is 0.573 e. The van der Waals surface area contributed by atoms with E-state index in [1.54, 1.807) is 0 Å². The van der Waals surface area contributed by atoms with Crippen molar-refractivity contribution >= 4 is 40.2 Å². The Kier molecular flexibility index (Phi) is 7.49. The highest BCUT2D eigenvalue weighted by Gasteiger charge is 2.40. The van der Waals surface area contributed by atoms with Gasteiger partial charge in [0, 0.05) is 36.2 Å². The van der Waals surface area contributed by atoms with Crippen molar-refractivity contribution in [2.24, 2.45) is 5.73 Å². The third kappa shape index (κ3) is 5.82. The molecule has 38 heavy (non-hydrogen) atoms. The molecule has 1 aromatic heterocycles. The van der Waals surface area contributed by atoms with Crippen molar-refractivity contribution in [2.75, 3.05) is 6.54 Å². The first-order valence-corrected chi connectivity index (χ1v) is 11.5. The molecule has 0 spiro atoms. The Balaban J connectivity index is 1.55. The summed E-state index contributed by atoms with van der Waals surface area (Å²) in [5.41, 5.74) is 5.43. The third-order valence-electron chi connectivity index (χ3n) is 6.02. The number of nitrogens with zero attached hydrogens (tertiary/aromatic N) is 2. The zero-order valence-electron chi connectivity index (χ0n) is 19.4. The van der Waals surface area contributed by atoms with Crippen molar-refractivity contribution in [3.05, 3.63) is 64.6 Å². The number of ether oxygens (including phenoxy) is 1. The predicted molar refractivity (Wildman–Crippen MR) is 125 cm³/mol. The molecule has 1 saturated heterocycles. The fourth-order valence-electron chi connectivity index (χ4n) is 4.33. The minimum absolute atomic E-state index is 0.0299. The summed E-state index contributed by atoms with van der Waals surface area (Å²) in [7, 11) is 0. The van der Waals surface area contributed by atoms with Crippen molar-refractivity contribution < 1.29 is 41.1 Å². The zero-order valence-corrected chi connectivity index (χ0v) is 20.2. The highest BCUT2D eigenvalue weighted by Crippen LogP contribution is 2.30. The molecule has 0 aliphatic carbocycles. The van der Waals surface area contributed by atoms with Crippen LogP contribution in [0.4, 0.5) is 22.0 Å². The summed E-state index contributed by atoms with van der Waals surface area (Å²) >= 11 is 5.74. The van der Waals surface area contributed by atoms with E-state index in [-0.39, 0.29) is 40.0 Å². The molecule has 0 unspecified atom stereocenters. The first-order chi connectivity index (χ1) is 17.8. The van der Waals surface area contributed by atoms with Gasteiger partial charge < -0.3 is 25.3 Å². The number of rotatable bonds is 7. The number of fused-ring (bicyclic) bond motifs is 1. The number of primary amides is 1. The molecule has 0 saturated carbocycles. The smallest absolute Gasteiger partial charge is 0.406 e. The van der Waals surface area contributed by atoms with Gasteiger partial charge in [0.05, 0.1) is 22.6 Å².